The van der Waals surface area contributed by atoms with Crippen LogP contribution in [-0.2, 0) is 0 Å². The monoisotopic (exact) mass is 389 g/mol. The standard InChI is InChI=1S/C14H14Br2FNO/c15-8-1-4-13(17)12(7-8)14(19)18-10-2-3-11(18)6-9(16)5-10/h1,4,7,9-11H,2-3,5-6H2. The van der Waals surface area contributed by atoms with E-state index in [4.69, 9.17) is 0 Å². The van der Waals surface area contributed by atoms with Gasteiger partial charge in [-0.05, 0) is 43.9 Å². The number of hydrogen-bond donors (Lipinski definition) is 0. The molecule has 0 spiro atoms. The maximum Gasteiger partial charge on any atom is 0.257 e. The van der Waals surface area contributed by atoms with Crippen molar-refractivity contribution in [1.82, 2.24) is 4.90 Å². The Morgan fingerprint density at radius 1 is 1.26 bits per heavy atom. The van der Waals surface area contributed by atoms with Gasteiger partial charge in [0.05, 0.1) is 5.56 Å². The van der Waals surface area contributed by atoms with Crippen molar-refractivity contribution in [3.63, 3.8) is 0 Å². The second kappa shape index (κ2) is 5.17. The fourth-order valence-corrected chi connectivity index (χ4v) is 4.47. The van der Waals surface area contributed by atoms with Crippen LogP contribution in [0.4, 0.5) is 4.39 Å². The Morgan fingerprint density at radius 2 is 1.89 bits per heavy atom. The highest BCUT2D eigenvalue weighted by molar-refractivity contribution is 9.10. The van der Waals surface area contributed by atoms with Gasteiger partial charge in [-0.3, -0.25) is 4.79 Å². The number of piperidine rings is 1. The Kier molecular flexibility index (Phi) is 3.69. The summed E-state index contributed by atoms with van der Waals surface area (Å²) in [6.07, 6.45) is 4.01. The van der Waals surface area contributed by atoms with Gasteiger partial charge in [-0.1, -0.05) is 31.9 Å². The van der Waals surface area contributed by atoms with Crippen molar-refractivity contribution in [2.24, 2.45) is 0 Å². The first-order chi connectivity index (χ1) is 9.06. The Balaban J connectivity index is 1.90. The zero-order chi connectivity index (χ0) is 13.6. The molecule has 2 nitrogen and oxygen atoms in total. The molecule has 1 aromatic carbocycles. The van der Waals surface area contributed by atoms with Crippen LogP contribution in [0.15, 0.2) is 22.7 Å². The summed E-state index contributed by atoms with van der Waals surface area (Å²) in [6.45, 7) is 0. The van der Waals surface area contributed by atoms with Crippen LogP contribution in [0.1, 0.15) is 36.0 Å². The number of amides is 1. The molecule has 0 radical (unpaired) electrons. The lowest BCUT2D eigenvalue weighted by molar-refractivity contribution is 0.0598. The molecule has 2 unspecified atom stereocenters. The second-order valence-corrected chi connectivity index (χ2v) is 7.50. The highest BCUT2D eigenvalue weighted by atomic mass is 79.9. The van der Waals surface area contributed by atoms with Crippen molar-refractivity contribution in [2.45, 2.75) is 42.6 Å². The van der Waals surface area contributed by atoms with E-state index in [-0.39, 0.29) is 23.6 Å². The molecule has 1 amide bonds. The molecule has 5 heteroatoms. The zero-order valence-electron chi connectivity index (χ0n) is 10.3. The van der Waals surface area contributed by atoms with E-state index < -0.39 is 5.82 Å². The summed E-state index contributed by atoms with van der Waals surface area (Å²) in [5.41, 5.74) is 0.180. The molecular weight excluding hydrogens is 377 g/mol. The van der Waals surface area contributed by atoms with Crippen molar-refractivity contribution < 1.29 is 9.18 Å². The maximum absolute atomic E-state index is 13.8. The topological polar surface area (TPSA) is 20.3 Å². The minimum Gasteiger partial charge on any atom is -0.333 e. The molecular formula is C14H14Br2FNO. The van der Waals surface area contributed by atoms with Crippen LogP contribution in [0, 0.1) is 5.82 Å². The third kappa shape index (κ3) is 2.47. The van der Waals surface area contributed by atoms with Crippen LogP contribution in [0.3, 0.4) is 0 Å². The van der Waals surface area contributed by atoms with E-state index in [0.717, 1.165) is 30.2 Å². The number of rotatable bonds is 1. The summed E-state index contributed by atoms with van der Waals surface area (Å²) in [5, 5.41) is 0. The van der Waals surface area contributed by atoms with Gasteiger partial charge in [-0.25, -0.2) is 4.39 Å². The molecule has 0 aliphatic carbocycles. The van der Waals surface area contributed by atoms with E-state index in [1.165, 1.54) is 6.07 Å². The number of halogens is 3. The smallest absolute Gasteiger partial charge is 0.257 e. The van der Waals surface area contributed by atoms with E-state index in [0.29, 0.717) is 4.83 Å². The van der Waals surface area contributed by atoms with Gasteiger partial charge in [-0.2, -0.15) is 0 Å². The lowest BCUT2D eigenvalue weighted by atomic mass is 10.0. The van der Waals surface area contributed by atoms with Gasteiger partial charge < -0.3 is 4.90 Å². The van der Waals surface area contributed by atoms with Crippen molar-refractivity contribution in [1.29, 1.82) is 0 Å². The van der Waals surface area contributed by atoms with Crippen LogP contribution in [-0.4, -0.2) is 27.7 Å². The molecule has 3 rings (SSSR count). The Hall–Kier alpha value is -0.420. The summed E-state index contributed by atoms with van der Waals surface area (Å²) < 4.78 is 14.6. The average Bonchev–Trinajstić information content (AvgIpc) is 2.64. The third-order valence-corrected chi connectivity index (χ3v) is 5.31. The van der Waals surface area contributed by atoms with Gasteiger partial charge in [0.2, 0.25) is 0 Å². The minimum absolute atomic E-state index is 0.161. The van der Waals surface area contributed by atoms with Crippen LogP contribution in [0.2, 0.25) is 0 Å². The van der Waals surface area contributed by atoms with Gasteiger partial charge in [0, 0.05) is 21.4 Å². The number of alkyl halides is 1. The first kappa shape index (κ1) is 13.6. The number of carbonyl (C=O) groups excluding carboxylic acids is 1. The maximum atomic E-state index is 13.8. The van der Waals surface area contributed by atoms with E-state index in [1.54, 1.807) is 12.1 Å². The normalized spacial score (nSPS) is 29.6. The molecule has 0 aromatic heterocycles. The van der Waals surface area contributed by atoms with Gasteiger partial charge in [0.15, 0.2) is 0 Å². The Morgan fingerprint density at radius 3 is 2.53 bits per heavy atom. The lowest BCUT2D eigenvalue weighted by Gasteiger charge is -2.37. The van der Waals surface area contributed by atoms with Gasteiger partial charge in [0.25, 0.3) is 5.91 Å². The number of fused-ring (bicyclic) bond motifs is 2. The van der Waals surface area contributed by atoms with E-state index >= 15 is 0 Å². The van der Waals surface area contributed by atoms with E-state index in [9.17, 15) is 9.18 Å². The molecule has 0 N–H and O–H groups in total. The lowest BCUT2D eigenvalue weighted by Crippen LogP contribution is -2.47. The zero-order valence-corrected chi connectivity index (χ0v) is 13.5. The first-order valence-corrected chi connectivity index (χ1v) is 8.19. The molecule has 2 fully saturated rings. The quantitative estimate of drug-likeness (QED) is 0.660. The molecule has 102 valence electrons. The number of carbonyl (C=O) groups is 1. The third-order valence-electron chi connectivity index (χ3n) is 4.07. The molecule has 0 saturated carbocycles. The average molecular weight is 391 g/mol. The minimum atomic E-state index is -0.437. The van der Waals surface area contributed by atoms with Crippen LogP contribution in [0.5, 0.6) is 0 Å². The first-order valence-electron chi connectivity index (χ1n) is 6.48. The van der Waals surface area contributed by atoms with Gasteiger partial charge in [-0.15, -0.1) is 0 Å². The van der Waals surface area contributed by atoms with Gasteiger partial charge in [0.1, 0.15) is 5.82 Å². The SMILES string of the molecule is O=C(c1cc(Br)ccc1F)N1C2CCC1CC(Br)C2. The van der Waals surface area contributed by atoms with E-state index in [1.807, 2.05) is 4.90 Å². The molecule has 2 saturated heterocycles. The van der Waals surface area contributed by atoms with Crippen molar-refractivity contribution >= 4 is 37.8 Å². The number of nitrogens with zero attached hydrogens (tertiary/aromatic N) is 1. The summed E-state index contributed by atoms with van der Waals surface area (Å²) in [6, 6.07) is 5.06. The van der Waals surface area contributed by atoms with Crippen molar-refractivity contribution in [3.8, 4) is 0 Å². The molecule has 2 heterocycles. The molecule has 2 aliphatic rings. The Bertz CT molecular complexity index is 508. The predicted molar refractivity (Wildman–Crippen MR) is 79.0 cm³/mol. The highest BCUT2D eigenvalue weighted by Crippen LogP contribution is 2.39. The van der Waals surface area contributed by atoms with Crippen molar-refractivity contribution in [2.75, 3.05) is 0 Å². The van der Waals surface area contributed by atoms with Crippen LogP contribution >= 0.6 is 31.9 Å². The molecule has 2 bridgehead atoms. The van der Waals surface area contributed by atoms with Gasteiger partial charge >= 0.3 is 0 Å². The summed E-state index contributed by atoms with van der Waals surface area (Å²) in [7, 11) is 0. The molecule has 1 aromatic rings. The number of benzene rings is 1. The fourth-order valence-electron chi connectivity index (χ4n) is 3.24. The summed E-state index contributed by atoms with van der Waals surface area (Å²) >= 11 is 6.95. The highest BCUT2D eigenvalue weighted by Gasteiger charge is 2.43. The summed E-state index contributed by atoms with van der Waals surface area (Å²) in [4.78, 5) is 15.0. The molecule has 19 heavy (non-hydrogen) atoms. The largest absolute Gasteiger partial charge is 0.333 e. The van der Waals surface area contributed by atoms with E-state index in [2.05, 4.69) is 31.9 Å². The molecule has 2 atom stereocenters. The number of hydrogen-bond acceptors (Lipinski definition) is 1. The predicted octanol–water partition coefficient (Wildman–Crippen LogP) is 4.12. The Labute approximate surface area is 128 Å². The van der Waals surface area contributed by atoms with Crippen LogP contribution in [0.25, 0.3) is 0 Å². The molecule has 2 aliphatic heterocycles. The van der Waals surface area contributed by atoms with Crippen molar-refractivity contribution in [3.05, 3.63) is 34.1 Å². The summed E-state index contributed by atoms with van der Waals surface area (Å²) in [5.74, 6) is -0.598. The second-order valence-electron chi connectivity index (χ2n) is 5.29. The van der Waals surface area contributed by atoms with Crippen LogP contribution < -0.4 is 0 Å². The fraction of sp³-hybridized carbons (Fsp3) is 0.500.